The lowest BCUT2D eigenvalue weighted by atomic mass is 9.45. The summed E-state index contributed by atoms with van der Waals surface area (Å²) in [5, 5.41) is 3.39. The summed E-state index contributed by atoms with van der Waals surface area (Å²) in [6, 6.07) is 0.404. The van der Waals surface area contributed by atoms with Crippen LogP contribution in [0.5, 0.6) is 0 Å². The molecule has 0 saturated heterocycles. The third kappa shape index (κ3) is 2.39. The van der Waals surface area contributed by atoms with E-state index >= 15 is 0 Å². The van der Waals surface area contributed by atoms with Crippen LogP contribution in [0.1, 0.15) is 52.4 Å². The molecule has 6 aliphatic rings. The molecule has 1 aliphatic heterocycles. The monoisotopic (exact) mass is 360 g/mol. The second-order valence-electron chi connectivity index (χ2n) is 9.52. The van der Waals surface area contributed by atoms with Crippen molar-refractivity contribution in [1.29, 1.82) is 0 Å². The van der Waals surface area contributed by atoms with Gasteiger partial charge in [-0.05, 0) is 67.6 Å². The highest BCUT2D eigenvalue weighted by Gasteiger charge is 2.63. The van der Waals surface area contributed by atoms with Gasteiger partial charge in [0.05, 0.1) is 0 Å². The first kappa shape index (κ1) is 18.0. The van der Waals surface area contributed by atoms with Gasteiger partial charge in [0.2, 0.25) is 11.8 Å². The molecule has 0 aromatic heterocycles. The molecule has 5 nitrogen and oxygen atoms in total. The molecule has 1 heterocycles. The van der Waals surface area contributed by atoms with Gasteiger partial charge in [-0.3, -0.25) is 9.59 Å². The number of ether oxygens (including phenoxy) is 1. The van der Waals surface area contributed by atoms with Crippen LogP contribution < -0.4 is 11.1 Å². The van der Waals surface area contributed by atoms with E-state index in [9.17, 15) is 9.59 Å². The zero-order chi connectivity index (χ0) is 18.7. The molecule has 144 valence electrons. The van der Waals surface area contributed by atoms with Crippen LogP contribution in [0.4, 0.5) is 0 Å². The molecular formula is C21H32N2O3. The van der Waals surface area contributed by atoms with Crippen molar-refractivity contribution in [2.24, 2.45) is 40.2 Å². The Morgan fingerprint density at radius 2 is 2.00 bits per heavy atom. The van der Waals surface area contributed by atoms with Gasteiger partial charge in [0, 0.05) is 24.1 Å². The predicted octanol–water partition coefficient (Wildman–Crippen LogP) is 2.40. The number of rotatable bonds is 2. The van der Waals surface area contributed by atoms with E-state index in [0.717, 1.165) is 17.8 Å². The Morgan fingerprint density at radius 3 is 2.65 bits per heavy atom. The van der Waals surface area contributed by atoms with E-state index in [-0.39, 0.29) is 17.9 Å². The standard InChI is InChI=1S/C18H25NO.C3H7NO2/c1-17-8-7-14-10-3-6-15-18(14,2)9-11(16(20)19-15)13(17)5-4-12(10)17;1-6-2-3(4)5/h9-10,12-15H,3-8H2,1-2H3,(H,19,20);2H2,1H3,(H2,4,5)/t10-,12-,13?,14+,15?,17-,18+;/m0./s1. The molecule has 7 atom stereocenters. The molecule has 2 amide bonds. The fraction of sp³-hybridized carbons (Fsp3) is 0.810. The Labute approximate surface area is 156 Å². The Kier molecular flexibility index (Phi) is 4.22. The SMILES string of the molecule is COCC(N)=O.C[C@]12C=C3C(=O)NC1CC[C@@H]1[C@H]2CC[C@]2(C)C3CC[C@@H]12. The zero-order valence-electron chi connectivity index (χ0n) is 16.2. The molecule has 5 heteroatoms. The van der Waals surface area contributed by atoms with Crippen molar-refractivity contribution < 1.29 is 14.3 Å². The second-order valence-corrected chi connectivity index (χ2v) is 9.52. The summed E-state index contributed by atoms with van der Waals surface area (Å²) in [6.07, 6.45) is 10.4. The number of amides is 2. The lowest BCUT2D eigenvalue weighted by molar-refractivity contribution is -0.129. The molecule has 3 saturated carbocycles. The van der Waals surface area contributed by atoms with E-state index in [2.05, 4.69) is 35.7 Å². The van der Waals surface area contributed by atoms with Gasteiger partial charge in [-0.15, -0.1) is 0 Å². The maximum atomic E-state index is 12.6. The Hall–Kier alpha value is -1.36. The number of hydrogen-bond donors (Lipinski definition) is 2. The van der Waals surface area contributed by atoms with Crippen LogP contribution in [0.2, 0.25) is 0 Å². The summed E-state index contributed by atoms with van der Waals surface area (Å²) in [7, 11) is 1.42. The normalized spacial score (nSPS) is 47.3. The molecule has 0 aromatic carbocycles. The molecule has 6 rings (SSSR count). The van der Waals surface area contributed by atoms with Crippen LogP contribution in [0.25, 0.3) is 0 Å². The van der Waals surface area contributed by atoms with E-state index in [4.69, 9.17) is 0 Å². The molecule has 0 spiro atoms. The van der Waals surface area contributed by atoms with Crippen LogP contribution in [-0.4, -0.2) is 31.6 Å². The van der Waals surface area contributed by atoms with Gasteiger partial charge in [0.1, 0.15) is 6.61 Å². The van der Waals surface area contributed by atoms with E-state index in [1.54, 1.807) is 0 Å². The minimum atomic E-state index is -0.433. The molecule has 3 fully saturated rings. The summed E-state index contributed by atoms with van der Waals surface area (Å²) in [6.45, 7) is 4.96. The van der Waals surface area contributed by atoms with Crippen molar-refractivity contribution >= 4 is 11.8 Å². The van der Waals surface area contributed by atoms with Gasteiger partial charge in [-0.2, -0.15) is 0 Å². The highest BCUT2D eigenvalue weighted by Crippen LogP contribution is 2.68. The summed E-state index contributed by atoms with van der Waals surface area (Å²) in [4.78, 5) is 22.3. The first-order chi connectivity index (χ1) is 12.3. The number of primary amides is 1. The molecule has 7 bridgehead atoms. The molecule has 0 aromatic rings. The highest BCUT2D eigenvalue weighted by atomic mass is 16.5. The van der Waals surface area contributed by atoms with E-state index < -0.39 is 5.91 Å². The Balaban J connectivity index is 0.000000246. The van der Waals surface area contributed by atoms with Crippen LogP contribution in [0.15, 0.2) is 11.6 Å². The number of carbonyl (C=O) groups is 2. The average molecular weight is 360 g/mol. The zero-order valence-corrected chi connectivity index (χ0v) is 16.2. The fourth-order valence-corrected chi connectivity index (χ4v) is 7.38. The van der Waals surface area contributed by atoms with E-state index in [1.807, 2.05) is 0 Å². The van der Waals surface area contributed by atoms with Gasteiger partial charge in [-0.25, -0.2) is 0 Å². The number of fused-ring (bicyclic) bond motifs is 1. The van der Waals surface area contributed by atoms with Crippen molar-refractivity contribution in [3.8, 4) is 0 Å². The van der Waals surface area contributed by atoms with Crippen LogP contribution in [-0.2, 0) is 14.3 Å². The van der Waals surface area contributed by atoms with Gasteiger partial charge in [0.25, 0.3) is 0 Å². The average Bonchev–Trinajstić information content (AvgIpc) is 2.91. The number of methoxy groups -OCH3 is 1. The van der Waals surface area contributed by atoms with Crippen molar-refractivity contribution in [1.82, 2.24) is 5.32 Å². The van der Waals surface area contributed by atoms with E-state index in [1.165, 1.54) is 51.2 Å². The topological polar surface area (TPSA) is 81.4 Å². The van der Waals surface area contributed by atoms with Crippen LogP contribution in [0, 0.1) is 34.5 Å². The quantitative estimate of drug-likeness (QED) is 0.793. The summed E-state index contributed by atoms with van der Waals surface area (Å²) in [5.41, 5.74) is 6.46. The van der Waals surface area contributed by atoms with Crippen molar-refractivity contribution in [2.45, 2.75) is 58.4 Å². The molecule has 0 radical (unpaired) electrons. The third-order valence-corrected chi connectivity index (χ3v) is 8.47. The largest absolute Gasteiger partial charge is 0.375 e. The Morgan fingerprint density at radius 1 is 1.23 bits per heavy atom. The number of nitrogens with two attached hydrogens (primary N) is 1. The maximum absolute atomic E-state index is 12.6. The molecule has 5 aliphatic carbocycles. The predicted molar refractivity (Wildman–Crippen MR) is 99.0 cm³/mol. The number of hydrogen-bond acceptors (Lipinski definition) is 3. The van der Waals surface area contributed by atoms with E-state index in [0.29, 0.717) is 17.4 Å². The second kappa shape index (κ2) is 6.08. The first-order valence-corrected chi connectivity index (χ1v) is 10.1. The van der Waals surface area contributed by atoms with Gasteiger partial charge in [0.15, 0.2) is 0 Å². The lowest BCUT2D eigenvalue weighted by Crippen LogP contribution is -2.62. The smallest absolute Gasteiger partial charge is 0.247 e. The molecule has 3 N–H and O–H groups in total. The first-order valence-electron chi connectivity index (χ1n) is 10.1. The number of carbonyl (C=O) groups excluding carboxylic acids is 2. The minimum absolute atomic E-state index is 0.0139. The van der Waals surface area contributed by atoms with Crippen molar-refractivity contribution in [3.63, 3.8) is 0 Å². The maximum Gasteiger partial charge on any atom is 0.247 e. The van der Waals surface area contributed by atoms with Crippen LogP contribution >= 0.6 is 0 Å². The van der Waals surface area contributed by atoms with Crippen molar-refractivity contribution in [3.05, 3.63) is 11.6 Å². The van der Waals surface area contributed by atoms with Crippen LogP contribution in [0.3, 0.4) is 0 Å². The minimum Gasteiger partial charge on any atom is -0.375 e. The van der Waals surface area contributed by atoms with Gasteiger partial charge >= 0.3 is 0 Å². The Bertz CT molecular complexity index is 660. The van der Waals surface area contributed by atoms with Gasteiger partial charge in [-0.1, -0.05) is 19.9 Å². The summed E-state index contributed by atoms with van der Waals surface area (Å²) >= 11 is 0. The van der Waals surface area contributed by atoms with Crippen molar-refractivity contribution in [2.75, 3.05) is 13.7 Å². The lowest BCUT2D eigenvalue weighted by Gasteiger charge is -2.62. The summed E-state index contributed by atoms with van der Waals surface area (Å²) in [5.74, 6) is 3.00. The molecule has 26 heavy (non-hydrogen) atoms. The highest BCUT2D eigenvalue weighted by molar-refractivity contribution is 5.95. The number of nitrogens with one attached hydrogen (secondary N) is 1. The fourth-order valence-electron chi connectivity index (χ4n) is 7.38. The molecule has 2 unspecified atom stereocenters. The summed E-state index contributed by atoms with van der Waals surface area (Å²) < 4.78 is 4.33. The molecular weight excluding hydrogens is 328 g/mol. The van der Waals surface area contributed by atoms with Gasteiger partial charge < -0.3 is 15.8 Å². The third-order valence-electron chi connectivity index (χ3n) is 8.47.